The lowest BCUT2D eigenvalue weighted by atomic mass is 10.3. The number of carbonyl (C=O) groups is 1. The summed E-state index contributed by atoms with van der Waals surface area (Å²) in [5.41, 5.74) is 0. The van der Waals surface area contributed by atoms with Gasteiger partial charge >= 0.3 is 5.97 Å². The second kappa shape index (κ2) is 5.79. The molecule has 6 heteroatoms. The minimum absolute atomic E-state index is 0.191. The molecule has 0 amide bonds. The van der Waals surface area contributed by atoms with Gasteiger partial charge in [0.2, 0.25) is 5.13 Å². The third-order valence-electron chi connectivity index (χ3n) is 2.17. The smallest absolute Gasteiger partial charge is 0.325 e. The predicted molar refractivity (Wildman–Crippen MR) is 63.8 cm³/mol. The lowest BCUT2D eigenvalue weighted by molar-refractivity contribution is -0.139. The quantitative estimate of drug-likeness (QED) is 0.733. The first-order valence-corrected chi connectivity index (χ1v) is 6.01. The second-order valence-electron chi connectivity index (χ2n) is 3.64. The maximum Gasteiger partial charge on any atom is 0.325 e. The summed E-state index contributed by atoms with van der Waals surface area (Å²) in [7, 11) is 1.39. The fourth-order valence-corrected chi connectivity index (χ4v) is 2.06. The minimum Gasteiger partial charge on any atom is -0.468 e. The summed E-state index contributed by atoms with van der Waals surface area (Å²) >= 11 is 1.32. The van der Waals surface area contributed by atoms with E-state index in [9.17, 15) is 4.79 Å². The lowest BCUT2D eigenvalue weighted by Gasteiger charge is -2.23. The van der Waals surface area contributed by atoms with Crippen molar-refractivity contribution in [2.24, 2.45) is 0 Å². The highest BCUT2D eigenvalue weighted by atomic mass is 32.1. The van der Waals surface area contributed by atoms with E-state index in [4.69, 9.17) is 0 Å². The first kappa shape index (κ1) is 12.9. The fourth-order valence-electron chi connectivity index (χ4n) is 1.18. The van der Waals surface area contributed by atoms with Gasteiger partial charge in [0.05, 0.1) is 7.11 Å². The van der Waals surface area contributed by atoms with Crippen molar-refractivity contribution in [3.63, 3.8) is 0 Å². The molecule has 0 saturated heterocycles. The number of ether oxygens (including phenoxy) is 1. The van der Waals surface area contributed by atoms with Gasteiger partial charge in [0.25, 0.3) is 0 Å². The van der Waals surface area contributed by atoms with Gasteiger partial charge in [0.15, 0.2) is 0 Å². The summed E-state index contributed by atoms with van der Waals surface area (Å²) in [5, 5.41) is 0.775. The molecule has 0 atom stereocenters. The zero-order chi connectivity index (χ0) is 12.1. The molecule has 90 valence electrons. The number of hydrogen-bond acceptors (Lipinski definition) is 6. The first-order chi connectivity index (χ1) is 7.58. The zero-order valence-electron chi connectivity index (χ0n) is 10.1. The molecule has 0 aliphatic carbocycles. The van der Waals surface area contributed by atoms with E-state index < -0.39 is 0 Å². The van der Waals surface area contributed by atoms with Crippen LogP contribution < -0.4 is 4.90 Å². The van der Waals surface area contributed by atoms with Gasteiger partial charge in [-0.2, -0.15) is 4.37 Å². The summed E-state index contributed by atoms with van der Waals surface area (Å²) in [4.78, 5) is 17.5. The number of methoxy groups -OCH3 is 1. The van der Waals surface area contributed by atoms with Crippen LogP contribution in [0.2, 0.25) is 0 Å². The number of nitrogens with zero attached hydrogens (tertiary/aromatic N) is 3. The van der Waals surface area contributed by atoms with E-state index in [1.165, 1.54) is 18.6 Å². The van der Waals surface area contributed by atoms with Crippen molar-refractivity contribution in [1.82, 2.24) is 9.36 Å². The molecular formula is C10H17N3O2S. The molecule has 0 bridgehead atoms. The molecule has 0 aliphatic rings. The Balaban J connectivity index is 2.80. The van der Waals surface area contributed by atoms with E-state index in [1.54, 1.807) is 0 Å². The Hall–Kier alpha value is -1.17. The predicted octanol–water partition coefficient (Wildman–Crippen LogP) is 1.49. The van der Waals surface area contributed by atoms with Crippen molar-refractivity contribution in [3.8, 4) is 0 Å². The van der Waals surface area contributed by atoms with Crippen LogP contribution in [-0.4, -0.2) is 35.0 Å². The van der Waals surface area contributed by atoms with Gasteiger partial charge in [0.1, 0.15) is 12.4 Å². The van der Waals surface area contributed by atoms with Crippen LogP contribution in [0.15, 0.2) is 0 Å². The molecule has 1 aromatic heterocycles. The molecule has 0 N–H and O–H groups in total. The van der Waals surface area contributed by atoms with Gasteiger partial charge in [-0.15, -0.1) is 0 Å². The molecule has 0 saturated carbocycles. The Labute approximate surface area is 99.6 Å². The van der Waals surface area contributed by atoms with Crippen LogP contribution in [0.5, 0.6) is 0 Å². The third-order valence-corrected chi connectivity index (χ3v) is 2.96. The van der Waals surface area contributed by atoms with Crippen LogP contribution >= 0.6 is 11.5 Å². The van der Waals surface area contributed by atoms with Crippen LogP contribution in [0, 0.1) is 0 Å². The Kier molecular flexibility index (Phi) is 4.67. The zero-order valence-corrected chi connectivity index (χ0v) is 10.9. The van der Waals surface area contributed by atoms with Crippen molar-refractivity contribution in [1.29, 1.82) is 0 Å². The van der Waals surface area contributed by atoms with Gasteiger partial charge in [-0.1, -0.05) is 6.92 Å². The van der Waals surface area contributed by atoms with Crippen LogP contribution in [0.4, 0.5) is 5.13 Å². The molecule has 0 fully saturated rings. The standard InChI is InChI=1S/C10H17N3O2S/c1-5-8-11-10(16-12-8)13(7(2)3)6-9(14)15-4/h7H,5-6H2,1-4H3. The summed E-state index contributed by atoms with van der Waals surface area (Å²) in [6, 6.07) is 0.191. The van der Waals surface area contributed by atoms with Crippen molar-refractivity contribution in [3.05, 3.63) is 5.82 Å². The van der Waals surface area contributed by atoms with Gasteiger partial charge in [-0.3, -0.25) is 4.79 Å². The number of hydrogen-bond donors (Lipinski definition) is 0. The largest absolute Gasteiger partial charge is 0.468 e. The minimum atomic E-state index is -0.262. The molecule has 1 heterocycles. The molecule has 0 aromatic carbocycles. The average Bonchev–Trinajstić information content (AvgIpc) is 2.73. The maximum absolute atomic E-state index is 11.3. The van der Waals surface area contributed by atoms with Crippen LogP contribution in [-0.2, 0) is 16.0 Å². The van der Waals surface area contributed by atoms with Gasteiger partial charge in [-0.05, 0) is 13.8 Å². The Morgan fingerprint density at radius 3 is 2.69 bits per heavy atom. The van der Waals surface area contributed by atoms with E-state index >= 15 is 0 Å². The van der Waals surface area contributed by atoms with E-state index in [1.807, 2.05) is 25.7 Å². The van der Waals surface area contributed by atoms with Gasteiger partial charge in [0, 0.05) is 24.0 Å². The lowest BCUT2D eigenvalue weighted by Crippen LogP contribution is -2.36. The highest BCUT2D eigenvalue weighted by Gasteiger charge is 2.18. The SMILES string of the molecule is CCc1nsc(N(CC(=O)OC)C(C)C)n1. The molecule has 16 heavy (non-hydrogen) atoms. The highest BCUT2D eigenvalue weighted by molar-refractivity contribution is 7.09. The number of aromatic nitrogens is 2. The van der Waals surface area contributed by atoms with E-state index in [-0.39, 0.29) is 18.6 Å². The molecule has 0 unspecified atom stereocenters. The second-order valence-corrected chi connectivity index (χ2v) is 4.37. The first-order valence-electron chi connectivity index (χ1n) is 5.24. The summed E-state index contributed by atoms with van der Waals surface area (Å²) in [6.07, 6.45) is 0.806. The molecule has 5 nitrogen and oxygen atoms in total. The number of rotatable bonds is 5. The van der Waals surface area contributed by atoms with Gasteiger partial charge in [-0.25, -0.2) is 4.98 Å². The molecule has 1 aromatic rings. The van der Waals surface area contributed by atoms with E-state index in [2.05, 4.69) is 14.1 Å². The number of anilines is 1. The van der Waals surface area contributed by atoms with E-state index in [0.717, 1.165) is 17.4 Å². The average molecular weight is 243 g/mol. The van der Waals surface area contributed by atoms with Crippen molar-refractivity contribution < 1.29 is 9.53 Å². The molecule has 1 rings (SSSR count). The number of esters is 1. The normalized spacial score (nSPS) is 10.6. The molecule has 0 aliphatic heterocycles. The van der Waals surface area contributed by atoms with Crippen LogP contribution in [0.1, 0.15) is 26.6 Å². The van der Waals surface area contributed by atoms with Crippen molar-refractivity contribution in [2.45, 2.75) is 33.2 Å². The number of aryl methyl sites for hydroxylation is 1. The molecular weight excluding hydrogens is 226 g/mol. The topological polar surface area (TPSA) is 55.3 Å². The van der Waals surface area contributed by atoms with Crippen LogP contribution in [0.3, 0.4) is 0 Å². The monoisotopic (exact) mass is 243 g/mol. The fraction of sp³-hybridized carbons (Fsp3) is 0.700. The Morgan fingerprint density at radius 2 is 2.25 bits per heavy atom. The van der Waals surface area contributed by atoms with Crippen molar-refractivity contribution in [2.75, 3.05) is 18.6 Å². The Bertz CT molecular complexity index is 352. The summed E-state index contributed by atoms with van der Waals surface area (Å²) in [5.74, 6) is 0.553. The third kappa shape index (κ3) is 3.16. The summed E-state index contributed by atoms with van der Waals surface area (Å²) in [6.45, 7) is 6.24. The summed E-state index contributed by atoms with van der Waals surface area (Å²) < 4.78 is 8.87. The molecule has 0 radical (unpaired) electrons. The maximum atomic E-state index is 11.3. The van der Waals surface area contributed by atoms with Crippen molar-refractivity contribution >= 4 is 22.6 Å². The highest BCUT2D eigenvalue weighted by Crippen LogP contribution is 2.19. The van der Waals surface area contributed by atoms with E-state index in [0.29, 0.717) is 0 Å². The molecule has 0 spiro atoms. The van der Waals surface area contributed by atoms with Crippen LogP contribution in [0.25, 0.3) is 0 Å². The Morgan fingerprint density at radius 1 is 1.56 bits per heavy atom. The number of carbonyl (C=O) groups excluding carboxylic acids is 1. The van der Waals surface area contributed by atoms with Gasteiger partial charge < -0.3 is 9.64 Å².